The zero-order valence-electron chi connectivity index (χ0n) is 39.9. The minimum atomic E-state index is -0.683. The Morgan fingerprint density at radius 1 is 0.467 bits per heavy atom. The zero-order chi connectivity index (χ0) is 43.7. The van der Waals surface area contributed by atoms with E-state index in [1.807, 2.05) is 0 Å². The topological polar surface area (TPSA) is 95.9 Å². The molecule has 0 saturated carbocycles. The van der Waals surface area contributed by atoms with Crippen LogP contribution in [0, 0.1) is 0 Å². The molecule has 60 heavy (non-hydrogen) atoms. The fraction of sp³-hybridized carbons (Fsp3) is 0.852. The Balaban J connectivity index is 3.53. The molecule has 3 N–H and O–H groups in total. The standard InChI is InChI=1S/C54H101NO5/c1-3-5-7-9-11-13-15-17-19-21-23-26-30-34-38-42-46-52(57)51(50-56)55-53(58)47-43-39-35-31-27-25-29-33-37-41-45-49-60-54(59)48-44-40-36-32-28-24-22-20-18-16-14-12-10-8-6-4-2/h14,16,20,22,29,33,51-52,56-57H,3-13,15,17-19,21,23-28,30-32,34-50H2,1-2H3,(H,55,58)/b16-14-,22-20-,33-29-. The number of aliphatic hydroxyl groups is 2. The van der Waals surface area contributed by atoms with Crippen LogP contribution < -0.4 is 5.32 Å². The van der Waals surface area contributed by atoms with Gasteiger partial charge in [-0.2, -0.15) is 0 Å². The summed E-state index contributed by atoms with van der Waals surface area (Å²) in [6, 6.07) is -0.564. The van der Waals surface area contributed by atoms with Gasteiger partial charge >= 0.3 is 5.97 Å². The van der Waals surface area contributed by atoms with Crippen LogP contribution in [0.5, 0.6) is 0 Å². The molecule has 2 atom stereocenters. The lowest BCUT2D eigenvalue weighted by Crippen LogP contribution is -2.45. The van der Waals surface area contributed by atoms with Gasteiger partial charge in [0.25, 0.3) is 0 Å². The monoisotopic (exact) mass is 844 g/mol. The van der Waals surface area contributed by atoms with E-state index in [0.29, 0.717) is 25.9 Å². The summed E-state index contributed by atoms with van der Waals surface area (Å²) in [6.45, 7) is 4.85. The summed E-state index contributed by atoms with van der Waals surface area (Å²) in [5.41, 5.74) is 0. The Bertz CT molecular complexity index is 977. The van der Waals surface area contributed by atoms with Gasteiger partial charge in [-0.05, 0) is 83.5 Å². The number of esters is 1. The third-order valence-corrected chi connectivity index (χ3v) is 11.9. The van der Waals surface area contributed by atoms with Gasteiger partial charge in [0.15, 0.2) is 0 Å². The minimum Gasteiger partial charge on any atom is -0.466 e. The van der Waals surface area contributed by atoms with Crippen LogP contribution in [0.4, 0.5) is 0 Å². The molecule has 0 aromatic heterocycles. The molecular weight excluding hydrogens is 743 g/mol. The molecule has 6 heteroatoms. The number of nitrogens with one attached hydrogen (secondary N) is 1. The lowest BCUT2D eigenvalue weighted by Gasteiger charge is -2.22. The van der Waals surface area contributed by atoms with E-state index in [-0.39, 0.29) is 18.5 Å². The molecule has 6 nitrogen and oxygen atoms in total. The highest BCUT2D eigenvalue weighted by molar-refractivity contribution is 5.76. The van der Waals surface area contributed by atoms with Gasteiger partial charge in [0, 0.05) is 12.8 Å². The van der Waals surface area contributed by atoms with Crippen molar-refractivity contribution in [3.05, 3.63) is 36.5 Å². The van der Waals surface area contributed by atoms with Crippen LogP contribution in [0.1, 0.15) is 271 Å². The largest absolute Gasteiger partial charge is 0.466 e. The van der Waals surface area contributed by atoms with Crippen LogP contribution in [0.2, 0.25) is 0 Å². The van der Waals surface area contributed by atoms with E-state index in [1.165, 1.54) is 141 Å². The first-order chi connectivity index (χ1) is 29.5. The van der Waals surface area contributed by atoms with Gasteiger partial charge in [-0.3, -0.25) is 9.59 Å². The maximum Gasteiger partial charge on any atom is 0.305 e. The summed E-state index contributed by atoms with van der Waals surface area (Å²) in [5, 5.41) is 23.2. The van der Waals surface area contributed by atoms with Gasteiger partial charge in [0.1, 0.15) is 0 Å². The first-order valence-electron chi connectivity index (χ1n) is 26.2. The SMILES string of the molecule is CCCCCC/C=C\C/C=C\CCCCCCCC(=O)OCCCC/C=C\CCCCCCCC(=O)NC(CO)C(O)CCCCCCCCCCCCCCCCCC. The van der Waals surface area contributed by atoms with Gasteiger partial charge in [-0.1, -0.05) is 211 Å². The summed E-state index contributed by atoms with van der Waals surface area (Å²) in [5.74, 6) is -0.110. The summed E-state index contributed by atoms with van der Waals surface area (Å²) in [6.07, 6.45) is 59.7. The molecule has 0 aliphatic carbocycles. The van der Waals surface area contributed by atoms with Crippen LogP contribution in [-0.4, -0.2) is 47.4 Å². The first kappa shape index (κ1) is 58.1. The smallest absolute Gasteiger partial charge is 0.305 e. The van der Waals surface area contributed by atoms with Gasteiger partial charge < -0.3 is 20.3 Å². The minimum absolute atomic E-state index is 0.0448. The third kappa shape index (κ3) is 45.6. The van der Waals surface area contributed by atoms with E-state index in [1.54, 1.807) is 0 Å². The van der Waals surface area contributed by atoms with E-state index in [9.17, 15) is 19.8 Å². The second-order valence-electron chi connectivity index (χ2n) is 17.8. The van der Waals surface area contributed by atoms with Crippen molar-refractivity contribution in [1.82, 2.24) is 5.32 Å². The van der Waals surface area contributed by atoms with Crippen molar-refractivity contribution < 1.29 is 24.5 Å². The molecule has 1 amide bonds. The number of rotatable bonds is 48. The van der Waals surface area contributed by atoms with E-state index < -0.39 is 12.1 Å². The Morgan fingerprint density at radius 3 is 1.30 bits per heavy atom. The highest BCUT2D eigenvalue weighted by atomic mass is 16.5. The molecule has 0 spiro atoms. The number of hydrogen-bond acceptors (Lipinski definition) is 5. The Morgan fingerprint density at radius 2 is 0.833 bits per heavy atom. The molecule has 0 aromatic carbocycles. The highest BCUT2D eigenvalue weighted by Crippen LogP contribution is 2.16. The molecule has 0 fully saturated rings. The summed E-state index contributed by atoms with van der Waals surface area (Å²) in [7, 11) is 0. The Kier molecular flexibility index (Phi) is 48.1. The van der Waals surface area contributed by atoms with Crippen molar-refractivity contribution >= 4 is 11.9 Å². The molecular formula is C54H101NO5. The molecule has 0 rings (SSSR count). The highest BCUT2D eigenvalue weighted by Gasteiger charge is 2.20. The number of carbonyl (C=O) groups excluding carboxylic acids is 2. The van der Waals surface area contributed by atoms with Crippen LogP contribution >= 0.6 is 0 Å². The zero-order valence-corrected chi connectivity index (χ0v) is 39.9. The average molecular weight is 844 g/mol. The second-order valence-corrected chi connectivity index (χ2v) is 17.8. The molecule has 0 aliphatic heterocycles. The van der Waals surface area contributed by atoms with Crippen LogP contribution in [0.25, 0.3) is 0 Å². The van der Waals surface area contributed by atoms with Crippen LogP contribution in [-0.2, 0) is 14.3 Å². The fourth-order valence-corrected chi connectivity index (χ4v) is 7.84. The number of ether oxygens (including phenoxy) is 1. The molecule has 0 aliphatic rings. The summed E-state index contributed by atoms with van der Waals surface area (Å²) >= 11 is 0. The summed E-state index contributed by atoms with van der Waals surface area (Å²) < 4.78 is 5.43. The fourth-order valence-electron chi connectivity index (χ4n) is 7.84. The molecule has 0 bridgehead atoms. The molecule has 2 unspecified atom stereocenters. The molecule has 0 aromatic rings. The van der Waals surface area contributed by atoms with Gasteiger partial charge in [-0.25, -0.2) is 0 Å². The van der Waals surface area contributed by atoms with Gasteiger partial charge in [-0.15, -0.1) is 0 Å². The van der Waals surface area contributed by atoms with Crippen molar-refractivity contribution in [2.45, 2.75) is 283 Å². The predicted molar refractivity (Wildman–Crippen MR) is 259 cm³/mol. The van der Waals surface area contributed by atoms with Crippen molar-refractivity contribution in [3.63, 3.8) is 0 Å². The predicted octanol–water partition coefficient (Wildman–Crippen LogP) is 15.7. The maximum absolute atomic E-state index is 12.4. The van der Waals surface area contributed by atoms with E-state index in [4.69, 9.17) is 4.74 Å². The van der Waals surface area contributed by atoms with E-state index in [2.05, 4.69) is 55.6 Å². The number of unbranched alkanes of at least 4 members (excludes halogenated alkanes) is 31. The third-order valence-electron chi connectivity index (χ3n) is 11.9. The number of aliphatic hydroxyl groups excluding tert-OH is 2. The lowest BCUT2D eigenvalue weighted by molar-refractivity contribution is -0.143. The van der Waals surface area contributed by atoms with Crippen LogP contribution in [0.15, 0.2) is 36.5 Å². The van der Waals surface area contributed by atoms with Gasteiger partial charge in [0.05, 0.1) is 25.4 Å². The maximum atomic E-state index is 12.4. The quantitative estimate of drug-likeness (QED) is 0.0322. The molecule has 0 heterocycles. The Hall–Kier alpha value is -1.92. The van der Waals surface area contributed by atoms with Crippen LogP contribution in [0.3, 0.4) is 0 Å². The number of amides is 1. The Labute approximate surface area is 373 Å². The number of carbonyl (C=O) groups is 2. The normalized spacial score (nSPS) is 12.9. The van der Waals surface area contributed by atoms with Crippen molar-refractivity contribution in [1.29, 1.82) is 0 Å². The average Bonchev–Trinajstić information content (AvgIpc) is 3.25. The lowest BCUT2D eigenvalue weighted by atomic mass is 10.0. The van der Waals surface area contributed by atoms with Crippen molar-refractivity contribution in [2.75, 3.05) is 13.2 Å². The van der Waals surface area contributed by atoms with E-state index in [0.717, 1.165) is 96.3 Å². The summed E-state index contributed by atoms with van der Waals surface area (Å²) in [4.78, 5) is 24.5. The molecule has 0 saturated heterocycles. The number of allylic oxidation sites excluding steroid dienone is 6. The van der Waals surface area contributed by atoms with Crippen molar-refractivity contribution in [3.8, 4) is 0 Å². The molecule has 352 valence electrons. The van der Waals surface area contributed by atoms with E-state index >= 15 is 0 Å². The van der Waals surface area contributed by atoms with Crippen molar-refractivity contribution in [2.24, 2.45) is 0 Å². The van der Waals surface area contributed by atoms with Gasteiger partial charge in [0.2, 0.25) is 5.91 Å². The number of hydrogen-bond donors (Lipinski definition) is 3. The molecule has 0 radical (unpaired) electrons. The first-order valence-corrected chi connectivity index (χ1v) is 26.2. The second kappa shape index (κ2) is 49.7.